The quantitative estimate of drug-likeness (QED) is 0.404. The van der Waals surface area contributed by atoms with Crippen LogP contribution in [0.2, 0.25) is 0 Å². The fraction of sp³-hybridized carbons (Fsp3) is 0.800. The fourth-order valence-corrected chi connectivity index (χ4v) is 1.29. The summed E-state index contributed by atoms with van der Waals surface area (Å²) >= 11 is 0. The fourth-order valence-electron chi connectivity index (χ4n) is 1.29. The van der Waals surface area contributed by atoms with Gasteiger partial charge in [-0.3, -0.25) is 4.79 Å². The molecule has 2 amide bonds. The molecule has 4 N–H and O–H groups in total. The number of carbonyl (C=O) groups excluding carboxylic acids is 2. The van der Waals surface area contributed by atoms with Gasteiger partial charge in [-0.05, 0) is 6.42 Å². The highest BCUT2D eigenvalue weighted by Gasteiger charge is 2.17. The Balaban J connectivity index is 3.82. The normalized spacial score (nSPS) is 11.9. The van der Waals surface area contributed by atoms with Gasteiger partial charge in [0, 0.05) is 13.1 Å². The van der Waals surface area contributed by atoms with E-state index < -0.39 is 6.03 Å². The van der Waals surface area contributed by atoms with Gasteiger partial charge in [0.1, 0.15) is 6.04 Å². The Kier molecular flexibility index (Phi) is 8.24. The van der Waals surface area contributed by atoms with Crippen LogP contribution in [0.5, 0.6) is 0 Å². The van der Waals surface area contributed by atoms with Crippen molar-refractivity contribution in [2.24, 2.45) is 5.73 Å². The summed E-state index contributed by atoms with van der Waals surface area (Å²) in [5.74, 6) is -0.271. The van der Waals surface area contributed by atoms with Crippen LogP contribution < -0.4 is 16.4 Å². The molecule has 6 nitrogen and oxygen atoms in total. The lowest BCUT2D eigenvalue weighted by molar-refractivity contribution is -0.143. The molecule has 0 bridgehead atoms. The van der Waals surface area contributed by atoms with E-state index in [1.807, 2.05) is 0 Å². The number of nitrogens with two attached hydrogens (primary N) is 1. The van der Waals surface area contributed by atoms with Crippen LogP contribution in [-0.4, -0.2) is 38.2 Å². The lowest BCUT2D eigenvalue weighted by atomic mass is 10.1. The number of nitrogens with one attached hydrogen (secondary N) is 2. The molecule has 0 rings (SSSR count). The number of urea groups is 1. The standard InChI is InChI=1S/C10H21N3O3/c1-3-4-5-8(9(14)16-2)12-6-7-13-10(11)15/h8,12H,3-7H2,1-2H3,(H3,11,13,15). The summed E-state index contributed by atoms with van der Waals surface area (Å²) in [5.41, 5.74) is 4.91. The van der Waals surface area contributed by atoms with Gasteiger partial charge in [0.15, 0.2) is 0 Å². The monoisotopic (exact) mass is 231 g/mol. The van der Waals surface area contributed by atoms with Crippen molar-refractivity contribution in [3.05, 3.63) is 0 Å². The van der Waals surface area contributed by atoms with Gasteiger partial charge in [-0.25, -0.2) is 4.79 Å². The third kappa shape index (κ3) is 7.05. The average Bonchev–Trinajstić information content (AvgIpc) is 2.26. The summed E-state index contributed by atoms with van der Waals surface area (Å²) in [4.78, 5) is 21.7. The van der Waals surface area contributed by atoms with Crippen molar-refractivity contribution in [3.8, 4) is 0 Å². The van der Waals surface area contributed by atoms with E-state index in [-0.39, 0.29) is 12.0 Å². The SMILES string of the molecule is CCCCC(NCCNC(N)=O)C(=O)OC. The molecule has 0 fully saturated rings. The Morgan fingerprint density at radius 1 is 1.38 bits per heavy atom. The summed E-state index contributed by atoms with van der Waals surface area (Å²) in [7, 11) is 1.37. The molecule has 16 heavy (non-hydrogen) atoms. The number of methoxy groups -OCH3 is 1. The molecule has 6 heteroatoms. The molecular formula is C10H21N3O3. The minimum Gasteiger partial charge on any atom is -0.468 e. The molecule has 0 aliphatic carbocycles. The highest BCUT2D eigenvalue weighted by molar-refractivity contribution is 5.75. The molecule has 0 spiro atoms. The van der Waals surface area contributed by atoms with E-state index in [2.05, 4.69) is 22.3 Å². The van der Waals surface area contributed by atoms with Crippen molar-refractivity contribution >= 4 is 12.0 Å². The minimum atomic E-state index is -0.565. The van der Waals surface area contributed by atoms with Gasteiger partial charge in [-0.1, -0.05) is 19.8 Å². The van der Waals surface area contributed by atoms with Crippen molar-refractivity contribution < 1.29 is 14.3 Å². The summed E-state index contributed by atoms with van der Waals surface area (Å²) in [6.45, 7) is 2.95. The first kappa shape index (κ1) is 14.7. The predicted octanol–water partition coefficient (Wildman–Crippen LogP) is -0.0239. The van der Waals surface area contributed by atoms with E-state index in [0.29, 0.717) is 13.1 Å². The number of esters is 1. The Morgan fingerprint density at radius 3 is 2.56 bits per heavy atom. The summed E-state index contributed by atoms with van der Waals surface area (Å²) in [5, 5.41) is 5.45. The molecule has 0 saturated heterocycles. The van der Waals surface area contributed by atoms with Crippen molar-refractivity contribution in [2.45, 2.75) is 32.2 Å². The highest BCUT2D eigenvalue weighted by atomic mass is 16.5. The number of amides is 2. The molecule has 0 aliphatic heterocycles. The number of rotatable bonds is 8. The maximum absolute atomic E-state index is 11.3. The van der Waals surface area contributed by atoms with Gasteiger partial charge in [-0.2, -0.15) is 0 Å². The lowest BCUT2D eigenvalue weighted by Gasteiger charge is -2.15. The average molecular weight is 231 g/mol. The second-order valence-electron chi connectivity index (χ2n) is 3.46. The summed E-state index contributed by atoms with van der Waals surface area (Å²) in [6.07, 6.45) is 2.71. The predicted molar refractivity (Wildman–Crippen MR) is 60.9 cm³/mol. The molecule has 0 heterocycles. The zero-order valence-electron chi connectivity index (χ0n) is 9.91. The number of hydrogen-bond donors (Lipinski definition) is 3. The van der Waals surface area contributed by atoms with E-state index in [0.717, 1.165) is 19.3 Å². The van der Waals surface area contributed by atoms with Gasteiger partial charge < -0.3 is 21.1 Å². The van der Waals surface area contributed by atoms with E-state index in [1.54, 1.807) is 0 Å². The second kappa shape index (κ2) is 8.96. The minimum absolute atomic E-state index is 0.271. The number of unbranched alkanes of at least 4 members (excludes halogenated alkanes) is 1. The topological polar surface area (TPSA) is 93.5 Å². The van der Waals surface area contributed by atoms with E-state index in [4.69, 9.17) is 5.73 Å². The molecule has 94 valence electrons. The van der Waals surface area contributed by atoms with Gasteiger partial charge in [-0.15, -0.1) is 0 Å². The van der Waals surface area contributed by atoms with Crippen LogP contribution in [0.15, 0.2) is 0 Å². The third-order valence-corrected chi connectivity index (χ3v) is 2.15. The van der Waals surface area contributed by atoms with Crippen molar-refractivity contribution in [2.75, 3.05) is 20.2 Å². The molecule has 0 radical (unpaired) electrons. The highest BCUT2D eigenvalue weighted by Crippen LogP contribution is 2.01. The first-order valence-electron chi connectivity index (χ1n) is 5.46. The maximum Gasteiger partial charge on any atom is 0.322 e. The van der Waals surface area contributed by atoms with E-state index in [9.17, 15) is 9.59 Å². The van der Waals surface area contributed by atoms with Crippen LogP contribution >= 0.6 is 0 Å². The number of primary amides is 1. The lowest BCUT2D eigenvalue weighted by Crippen LogP contribution is -2.42. The Bertz CT molecular complexity index is 221. The number of carbonyl (C=O) groups is 2. The zero-order chi connectivity index (χ0) is 12.4. The third-order valence-electron chi connectivity index (χ3n) is 2.15. The first-order chi connectivity index (χ1) is 7.61. The van der Waals surface area contributed by atoms with E-state index >= 15 is 0 Å². The van der Waals surface area contributed by atoms with Gasteiger partial charge in [0.2, 0.25) is 0 Å². The van der Waals surface area contributed by atoms with Crippen molar-refractivity contribution in [3.63, 3.8) is 0 Å². The first-order valence-corrected chi connectivity index (χ1v) is 5.46. The number of hydrogen-bond acceptors (Lipinski definition) is 4. The van der Waals surface area contributed by atoms with Gasteiger partial charge in [0.25, 0.3) is 0 Å². The molecule has 0 aromatic carbocycles. The molecule has 0 aromatic rings. The Hall–Kier alpha value is -1.30. The molecule has 1 atom stereocenters. The van der Waals surface area contributed by atoms with Gasteiger partial charge in [0.05, 0.1) is 7.11 Å². The molecular weight excluding hydrogens is 210 g/mol. The van der Waals surface area contributed by atoms with Crippen molar-refractivity contribution in [1.29, 1.82) is 0 Å². The molecule has 0 aliphatic rings. The van der Waals surface area contributed by atoms with Crippen LogP contribution in [0.1, 0.15) is 26.2 Å². The van der Waals surface area contributed by atoms with Crippen LogP contribution in [0, 0.1) is 0 Å². The molecule has 0 aromatic heterocycles. The van der Waals surface area contributed by atoms with Crippen LogP contribution in [0.3, 0.4) is 0 Å². The summed E-state index contributed by atoms with van der Waals surface area (Å²) < 4.78 is 4.67. The molecule has 0 saturated carbocycles. The smallest absolute Gasteiger partial charge is 0.322 e. The number of ether oxygens (including phenoxy) is 1. The van der Waals surface area contributed by atoms with Crippen LogP contribution in [0.25, 0.3) is 0 Å². The van der Waals surface area contributed by atoms with Crippen molar-refractivity contribution in [1.82, 2.24) is 10.6 Å². The summed E-state index contributed by atoms with van der Waals surface area (Å²) in [6, 6.07) is -0.871. The van der Waals surface area contributed by atoms with Crippen LogP contribution in [0.4, 0.5) is 4.79 Å². The van der Waals surface area contributed by atoms with Gasteiger partial charge >= 0.3 is 12.0 Å². The molecule has 1 unspecified atom stereocenters. The largest absolute Gasteiger partial charge is 0.468 e. The second-order valence-corrected chi connectivity index (χ2v) is 3.46. The maximum atomic E-state index is 11.3. The Morgan fingerprint density at radius 2 is 2.06 bits per heavy atom. The van der Waals surface area contributed by atoms with Crippen LogP contribution in [-0.2, 0) is 9.53 Å². The Labute approximate surface area is 95.9 Å². The van der Waals surface area contributed by atoms with E-state index in [1.165, 1.54) is 7.11 Å². The zero-order valence-corrected chi connectivity index (χ0v) is 9.91.